The first-order valence-corrected chi connectivity index (χ1v) is 9.68. The van der Waals surface area contributed by atoms with E-state index >= 15 is 0 Å². The molecule has 1 saturated carbocycles. The quantitative estimate of drug-likeness (QED) is 0.359. The molecule has 1 heterocycles. The predicted octanol–water partition coefficient (Wildman–Crippen LogP) is 1.98. The van der Waals surface area contributed by atoms with Crippen molar-refractivity contribution >= 4 is 40.0 Å². The van der Waals surface area contributed by atoms with E-state index in [9.17, 15) is 17.2 Å². The van der Waals surface area contributed by atoms with E-state index in [2.05, 4.69) is 15.6 Å². The maximum atomic E-state index is 12.5. The zero-order chi connectivity index (χ0) is 16.9. The molecule has 0 unspecified atom stereocenters. The van der Waals surface area contributed by atoms with Gasteiger partial charge >= 0.3 is 5.76 Å². The van der Waals surface area contributed by atoms with Crippen LogP contribution in [0.5, 0.6) is 0 Å². The highest BCUT2D eigenvalue weighted by Crippen LogP contribution is 2.22. The molecule has 1 saturated heterocycles. The highest BCUT2D eigenvalue weighted by Gasteiger charge is 2.34. The molecule has 0 spiro atoms. The van der Waals surface area contributed by atoms with Crippen LogP contribution in [-0.2, 0) is 10.0 Å². The van der Waals surface area contributed by atoms with Gasteiger partial charge in [0.1, 0.15) is 0 Å². The van der Waals surface area contributed by atoms with Crippen LogP contribution in [0.25, 0.3) is 0 Å². The summed E-state index contributed by atoms with van der Waals surface area (Å²) in [6.45, 7) is 0.996. The van der Waals surface area contributed by atoms with Crippen molar-refractivity contribution in [2.24, 2.45) is 10.9 Å². The monoisotopic (exact) mass is 480 g/mol. The lowest BCUT2D eigenvalue weighted by atomic mass is 9.98. The first kappa shape index (κ1) is 21.8. The normalized spacial score (nSPS) is 21.8. The second-order valence-corrected chi connectivity index (χ2v) is 8.13. The SMILES string of the molecule is CN=C(NCC1CCN(S(=O)(=O)C(F)F)CC1)NC1CCCC1.I. The highest BCUT2D eigenvalue weighted by molar-refractivity contribution is 14.0. The summed E-state index contributed by atoms with van der Waals surface area (Å²) in [6.07, 6.45) is 5.96. The number of nitrogens with zero attached hydrogens (tertiary/aromatic N) is 2. The summed E-state index contributed by atoms with van der Waals surface area (Å²) in [4.78, 5) is 4.20. The number of guanidine groups is 1. The van der Waals surface area contributed by atoms with Crippen molar-refractivity contribution in [3.63, 3.8) is 0 Å². The molecule has 0 bridgehead atoms. The van der Waals surface area contributed by atoms with Crippen LogP contribution < -0.4 is 10.6 Å². The molecule has 1 aliphatic carbocycles. The smallest absolute Gasteiger partial charge is 0.350 e. The molecule has 0 aromatic rings. The third-order valence-electron chi connectivity index (χ3n) is 4.64. The molecule has 0 aromatic carbocycles. The number of alkyl halides is 2. The first-order chi connectivity index (χ1) is 10.9. The van der Waals surface area contributed by atoms with Gasteiger partial charge in [0.15, 0.2) is 5.96 Å². The minimum atomic E-state index is -4.43. The van der Waals surface area contributed by atoms with Gasteiger partial charge < -0.3 is 10.6 Å². The van der Waals surface area contributed by atoms with Gasteiger partial charge in [0, 0.05) is 32.7 Å². The van der Waals surface area contributed by atoms with Gasteiger partial charge in [-0.25, -0.2) is 8.42 Å². The fourth-order valence-electron chi connectivity index (χ4n) is 3.18. The van der Waals surface area contributed by atoms with Gasteiger partial charge in [-0.3, -0.25) is 4.99 Å². The van der Waals surface area contributed by atoms with Crippen molar-refractivity contribution in [1.82, 2.24) is 14.9 Å². The zero-order valence-corrected chi connectivity index (χ0v) is 17.0. The molecule has 2 aliphatic rings. The average molecular weight is 480 g/mol. The molecule has 0 atom stereocenters. The fraction of sp³-hybridized carbons (Fsp3) is 0.929. The van der Waals surface area contributed by atoms with Crippen LogP contribution in [-0.4, -0.2) is 57.2 Å². The third-order valence-corrected chi connectivity index (χ3v) is 6.17. The zero-order valence-electron chi connectivity index (χ0n) is 13.9. The van der Waals surface area contributed by atoms with Crippen LogP contribution >= 0.6 is 24.0 Å². The number of hydrogen-bond acceptors (Lipinski definition) is 3. The van der Waals surface area contributed by atoms with Crippen molar-refractivity contribution < 1.29 is 17.2 Å². The van der Waals surface area contributed by atoms with E-state index in [1.807, 2.05) is 0 Å². The number of sulfonamides is 1. The van der Waals surface area contributed by atoms with Gasteiger partial charge in [0.05, 0.1) is 0 Å². The summed E-state index contributed by atoms with van der Waals surface area (Å²) in [5, 5.41) is 6.65. The van der Waals surface area contributed by atoms with E-state index in [-0.39, 0.29) is 43.0 Å². The van der Waals surface area contributed by atoms with E-state index in [0.29, 0.717) is 25.4 Å². The molecule has 24 heavy (non-hydrogen) atoms. The standard InChI is InChI=1S/C14H26F2N4O2S.HI/c1-17-14(19-12-4-2-3-5-12)18-10-11-6-8-20(9-7-11)23(21,22)13(15)16;/h11-13H,2-10H2,1H3,(H2,17,18,19);1H. The molecule has 2 N–H and O–H groups in total. The van der Waals surface area contributed by atoms with Crippen molar-refractivity contribution in [2.75, 3.05) is 26.7 Å². The number of halogens is 3. The van der Waals surface area contributed by atoms with Gasteiger partial charge in [-0.05, 0) is 31.6 Å². The average Bonchev–Trinajstić information content (AvgIpc) is 3.04. The van der Waals surface area contributed by atoms with Gasteiger partial charge in [-0.15, -0.1) is 24.0 Å². The predicted molar refractivity (Wildman–Crippen MR) is 101 cm³/mol. The number of rotatable bonds is 5. The van der Waals surface area contributed by atoms with E-state index in [1.165, 1.54) is 12.8 Å². The Morgan fingerprint density at radius 3 is 2.29 bits per heavy atom. The van der Waals surface area contributed by atoms with Gasteiger partial charge in [-0.1, -0.05) is 12.8 Å². The second-order valence-electron chi connectivity index (χ2n) is 6.23. The Hall–Kier alpha value is -0.230. The fourth-order valence-corrected chi connectivity index (χ4v) is 4.12. The van der Waals surface area contributed by atoms with E-state index in [0.717, 1.165) is 23.1 Å². The highest BCUT2D eigenvalue weighted by atomic mass is 127. The molecule has 2 fully saturated rings. The molecular formula is C14H27F2IN4O2S. The maximum absolute atomic E-state index is 12.5. The van der Waals surface area contributed by atoms with Crippen LogP contribution in [0.4, 0.5) is 8.78 Å². The van der Waals surface area contributed by atoms with Crippen LogP contribution in [0.15, 0.2) is 4.99 Å². The van der Waals surface area contributed by atoms with Crippen LogP contribution in [0.1, 0.15) is 38.5 Å². The molecule has 0 amide bonds. The van der Waals surface area contributed by atoms with E-state index < -0.39 is 15.8 Å². The number of nitrogens with one attached hydrogen (secondary N) is 2. The van der Waals surface area contributed by atoms with Crippen LogP contribution in [0.3, 0.4) is 0 Å². The summed E-state index contributed by atoms with van der Waals surface area (Å²) in [5.74, 6) is -2.30. The molecule has 6 nitrogen and oxygen atoms in total. The topological polar surface area (TPSA) is 73.8 Å². The maximum Gasteiger partial charge on any atom is 0.350 e. The molecule has 0 aromatic heterocycles. The Morgan fingerprint density at radius 2 is 1.79 bits per heavy atom. The Morgan fingerprint density at radius 1 is 1.21 bits per heavy atom. The molecule has 1 aliphatic heterocycles. The third kappa shape index (κ3) is 5.94. The summed E-state index contributed by atoms with van der Waals surface area (Å²) in [5.41, 5.74) is 0. The lowest BCUT2D eigenvalue weighted by Gasteiger charge is -2.31. The van der Waals surface area contributed by atoms with Crippen LogP contribution in [0, 0.1) is 5.92 Å². The van der Waals surface area contributed by atoms with Gasteiger partial charge in [0.25, 0.3) is 10.0 Å². The molecule has 142 valence electrons. The van der Waals surface area contributed by atoms with E-state index in [4.69, 9.17) is 0 Å². The van der Waals surface area contributed by atoms with Gasteiger partial charge in [0.2, 0.25) is 0 Å². The molecule has 0 radical (unpaired) electrons. The van der Waals surface area contributed by atoms with Crippen molar-refractivity contribution in [3.8, 4) is 0 Å². The van der Waals surface area contributed by atoms with Crippen LogP contribution in [0.2, 0.25) is 0 Å². The van der Waals surface area contributed by atoms with Crippen molar-refractivity contribution in [3.05, 3.63) is 0 Å². The van der Waals surface area contributed by atoms with E-state index in [1.54, 1.807) is 7.05 Å². The van der Waals surface area contributed by atoms with Crippen molar-refractivity contribution in [1.29, 1.82) is 0 Å². The minimum absolute atomic E-state index is 0. The summed E-state index contributed by atoms with van der Waals surface area (Å²) in [7, 11) is -2.71. The van der Waals surface area contributed by atoms with Gasteiger partial charge in [-0.2, -0.15) is 13.1 Å². The summed E-state index contributed by atoms with van der Waals surface area (Å²) >= 11 is 0. The molecular weight excluding hydrogens is 453 g/mol. The Bertz CT molecular complexity index is 505. The number of hydrogen-bond donors (Lipinski definition) is 2. The lowest BCUT2D eigenvalue weighted by Crippen LogP contribution is -2.46. The lowest BCUT2D eigenvalue weighted by molar-refractivity contribution is 0.204. The Balaban J connectivity index is 0.00000288. The molecule has 2 rings (SSSR count). The number of aliphatic imine (C=N–C) groups is 1. The summed E-state index contributed by atoms with van der Waals surface area (Å²) < 4.78 is 48.8. The Labute approximate surface area is 159 Å². The minimum Gasteiger partial charge on any atom is -0.356 e. The largest absolute Gasteiger partial charge is 0.356 e. The summed E-state index contributed by atoms with van der Waals surface area (Å²) in [6, 6.07) is 0.472. The Kier molecular flexibility index (Phi) is 9.13. The van der Waals surface area contributed by atoms with Crippen molar-refractivity contribution in [2.45, 2.75) is 50.3 Å². The first-order valence-electron chi connectivity index (χ1n) is 8.17. The number of piperidine rings is 1. The second kappa shape index (κ2) is 10.0. The molecule has 10 heteroatoms.